The van der Waals surface area contributed by atoms with Gasteiger partial charge in [0.2, 0.25) is 0 Å². The molecule has 0 aromatic heterocycles. The average Bonchev–Trinajstić information content (AvgIpc) is 2.45. The molecular weight excluding hydrogens is 256 g/mol. The number of rotatable bonds is 4. The Morgan fingerprint density at radius 3 is 2.40 bits per heavy atom. The molecule has 0 fully saturated rings. The summed E-state index contributed by atoms with van der Waals surface area (Å²) in [6.07, 6.45) is 0.775. The van der Waals surface area contributed by atoms with E-state index in [0.29, 0.717) is 11.3 Å². The molecule has 0 bridgehead atoms. The molecule has 2 aromatic carbocycles. The van der Waals surface area contributed by atoms with Gasteiger partial charge in [-0.2, -0.15) is 0 Å². The minimum absolute atomic E-state index is 0.0760. The number of nitrogens with one attached hydrogen (secondary N) is 1. The van der Waals surface area contributed by atoms with Gasteiger partial charge in [-0.05, 0) is 35.4 Å². The van der Waals surface area contributed by atoms with Crippen LogP contribution in [0.15, 0.2) is 36.4 Å². The normalized spacial score (nSPS) is 10.1. The van der Waals surface area contributed by atoms with Crippen LogP contribution in [0.1, 0.15) is 20.7 Å². The Bertz CT molecular complexity index is 681. The first-order valence-electron chi connectivity index (χ1n) is 5.97. The fraction of sp³-hybridized carbons (Fsp3) is 0.0667. The van der Waals surface area contributed by atoms with E-state index in [4.69, 9.17) is 10.8 Å². The quantitative estimate of drug-likeness (QED) is 0.586. The van der Waals surface area contributed by atoms with Gasteiger partial charge in [-0.15, -0.1) is 0 Å². The monoisotopic (exact) mass is 270 g/mol. The maximum atomic E-state index is 10.9. The summed E-state index contributed by atoms with van der Waals surface area (Å²) in [5, 5.41) is 11.9. The van der Waals surface area contributed by atoms with E-state index in [9.17, 15) is 9.59 Å². The molecule has 2 aromatic rings. The molecule has 0 heterocycles. The van der Waals surface area contributed by atoms with Crippen molar-refractivity contribution in [1.29, 1.82) is 0 Å². The lowest BCUT2D eigenvalue weighted by Crippen LogP contribution is -2.02. The molecule has 0 radical (unpaired) electrons. The van der Waals surface area contributed by atoms with E-state index in [1.807, 2.05) is 6.07 Å². The number of aldehydes is 1. The Labute approximate surface area is 116 Å². The number of aromatic carboxylic acids is 1. The van der Waals surface area contributed by atoms with Gasteiger partial charge in [0, 0.05) is 24.0 Å². The van der Waals surface area contributed by atoms with Crippen molar-refractivity contribution >= 4 is 23.6 Å². The standard InChI is InChI=1S/C15H14N2O3/c1-17-14-7-10(2-3-11(14)8-18)9-4-5-12(15(19)20)13(16)6-9/h2-8,17H,16H2,1H3,(H,19,20). The van der Waals surface area contributed by atoms with Crippen LogP contribution in [0.5, 0.6) is 0 Å². The van der Waals surface area contributed by atoms with Crippen molar-refractivity contribution < 1.29 is 14.7 Å². The van der Waals surface area contributed by atoms with Crippen LogP contribution < -0.4 is 11.1 Å². The van der Waals surface area contributed by atoms with Crippen LogP contribution in [0.3, 0.4) is 0 Å². The Morgan fingerprint density at radius 1 is 1.20 bits per heavy atom. The van der Waals surface area contributed by atoms with E-state index in [2.05, 4.69) is 5.32 Å². The molecule has 0 aliphatic rings. The number of carboxylic acids is 1. The summed E-state index contributed by atoms with van der Waals surface area (Å²) < 4.78 is 0. The molecule has 20 heavy (non-hydrogen) atoms. The van der Waals surface area contributed by atoms with Crippen LogP contribution in [0.4, 0.5) is 11.4 Å². The molecule has 4 N–H and O–H groups in total. The number of carboxylic acid groups (broad SMARTS) is 1. The predicted octanol–water partition coefficient (Wildman–Crippen LogP) is 2.49. The lowest BCUT2D eigenvalue weighted by atomic mass is 10.0. The third-order valence-corrected chi connectivity index (χ3v) is 3.06. The van der Waals surface area contributed by atoms with Gasteiger partial charge in [0.1, 0.15) is 0 Å². The largest absolute Gasteiger partial charge is 0.478 e. The van der Waals surface area contributed by atoms with Crippen molar-refractivity contribution in [2.45, 2.75) is 0 Å². The van der Waals surface area contributed by atoms with Crippen molar-refractivity contribution in [1.82, 2.24) is 0 Å². The third kappa shape index (κ3) is 2.47. The summed E-state index contributed by atoms with van der Waals surface area (Å²) in [5.41, 5.74) is 8.93. The minimum Gasteiger partial charge on any atom is -0.478 e. The Hall–Kier alpha value is -2.82. The highest BCUT2D eigenvalue weighted by Gasteiger charge is 2.10. The number of anilines is 2. The average molecular weight is 270 g/mol. The lowest BCUT2D eigenvalue weighted by molar-refractivity contribution is 0.0698. The maximum Gasteiger partial charge on any atom is 0.337 e. The van der Waals surface area contributed by atoms with Gasteiger partial charge in [0.25, 0.3) is 0 Å². The van der Waals surface area contributed by atoms with Crippen molar-refractivity contribution in [2.75, 3.05) is 18.1 Å². The van der Waals surface area contributed by atoms with Gasteiger partial charge >= 0.3 is 5.97 Å². The lowest BCUT2D eigenvalue weighted by Gasteiger charge is -2.09. The first-order chi connectivity index (χ1) is 9.56. The summed E-state index contributed by atoms with van der Waals surface area (Å²) in [4.78, 5) is 21.8. The number of nitrogens with two attached hydrogens (primary N) is 1. The number of carbonyl (C=O) groups excluding carboxylic acids is 1. The van der Waals surface area contributed by atoms with Crippen molar-refractivity contribution in [2.24, 2.45) is 0 Å². The van der Waals surface area contributed by atoms with Crippen LogP contribution in [0.25, 0.3) is 11.1 Å². The summed E-state index contributed by atoms with van der Waals surface area (Å²) in [6.45, 7) is 0. The molecule has 2 rings (SSSR count). The molecule has 0 aliphatic carbocycles. The van der Waals surface area contributed by atoms with Gasteiger partial charge in [-0.25, -0.2) is 4.79 Å². The van der Waals surface area contributed by atoms with Gasteiger partial charge in [-0.3, -0.25) is 4.79 Å². The van der Waals surface area contributed by atoms with Crippen LogP contribution >= 0.6 is 0 Å². The highest BCUT2D eigenvalue weighted by molar-refractivity contribution is 5.95. The fourth-order valence-corrected chi connectivity index (χ4v) is 1.99. The van der Waals surface area contributed by atoms with E-state index in [1.165, 1.54) is 6.07 Å². The maximum absolute atomic E-state index is 10.9. The van der Waals surface area contributed by atoms with E-state index >= 15 is 0 Å². The Morgan fingerprint density at radius 2 is 1.85 bits per heavy atom. The smallest absolute Gasteiger partial charge is 0.337 e. The van der Waals surface area contributed by atoms with E-state index in [0.717, 1.165) is 17.4 Å². The molecule has 0 saturated carbocycles. The molecule has 5 nitrogen and oxygen atoms in total. The summed E-state index contributed by atoms with van der Waals surface area (Å²) in [7, 11) is 1.73. The number of benzene rings is 2. The molecule has 102 valence electrons. The van der Waals surface area contributed by atoms with Gasteiger partial charge in [-0.1, -0.05) is 12.1 Å². The molecule has 5 heteroatoms. The highest BCUT2D eigenvalue weighted by atomic mass is 16.4. The number of nitrogen functional groups attached to an aromatic ring is 1. The third-order valence-electron chi connectivity index (χ3n) is 3.06. The van der Waals surface area contributed by atoms with Crippen LogP contribution in [-0.2, 0) is 0 Å². The molecule has 0 unspecified atom stereocenters. The molecule has 0 amide bonds. The van der Waals surface area contributed by atoms with Crippen molar-refractivity contribution in [3.05, 3.63) is 47.5 Å². The second-order valence-corrected chi connectivity index (χ2v) is 4.28. The second-order valence-electron chi connectivity index (χ2n) is 4.28. The van der Waals surface area contributed by atoms with E-state index < -0.39 is 5.97 Å². The predicted molar refractivity (Wildman–Crippen MR) is 78.2 cm³/mol. The number of carbonyl (C=O) groups is 2. The summed E-state index contributed by atoms with van der Waals surface area (Å²) in [5.74, 6) is -1.05. The number of hydrogen-bond donors (Lipinski definition) is 3. The summed E-state index contributed by atoms with van der Waals surface area (Å²) >= 11 is 0. The first-order valence-corrected chi connectivity index (χ1v) is 5.97. The van der Waals surface area contributed by atoms with Gasteiger partial charge in [0.15, 0.2) is 6.29 Å². The molecule has 0 spiro atoms. The fourth-order valence-electron chi connectivity index (χ4n) is 1.99. The molecule has 0 atom stereocenters. The Balaban J connectivity index is 2.49. The van der Waals surface area contributed by atoms with Crippen LogP contribution in [0, 0.1) is 0 Å². The second kappa shape index (κ2) is 5.44. The van der Waals surface area contributed by atoms with Crippen molar-refractivity contribution in [3.63, 3.8) is 0 Å². The first kappa shape index (κ1) is 13.6. The molecule has 0 saturated heterocycles. The zero-order chi connectivity index (χ0) is 14.7. The minimum atomic E-state index is -1.05. The van der Waals surface area contributed by atoms with Crippen molar-refractivity contribution in [3.8, 4) is 11.1 Å². The molecule has 0 aliphatic heterocycles. The van der Waals surface area contributed by atoms with E-state index in [-0.39, 0.29) is 11.3 Å². The topological polar surface area (TPSA) is 92.4 Å². The Kier molecular flexibility index (Phi) is 3.70. The zero-order valence-corrected chi connectivity index (χ0v) is 10.9. The molecular formula is C15H14N2O3. The van der Waals surface area contributed by atoms with Crippen LogP contribution in [0.2, 0.25) is 0 Å². The van der Waals surface area contributed by atoms with Crippen LogP contribution in [-0.4, -0.2) is 24.4 Å². The van der Waals surface area contributed by atoms with Gasteiger partial charge in [0.05, 0.1) is 5.56 Å². The van der Waals surface area contributed by atoms with Gasteiger partial charge < -0.3 is 16.2 Å². The number of hydrogen-bond acceptors (Lipinski definition) is 4. The zero-order valence-electron chi connectivity index (χ0n) is 10.9. The SMILES string of the molecule is CNc1cc(-c2ccc(C(=O)O)c(N)c2)ccc1C=O. The summed E-state index contributed by atoms with van der Waals surface area (Å²) in [6, 6.07) is 10.1. The highest BCUT2D eigenvalue weighted by Crippen LogP contribution is 2.27. The van der Waals surface area contributed by atoms with E-state index in [1.54, 1.807) is 31.3 Å².